The van der Waals surface area contributed by atoms with Crippen LogP contribution in [0.25, 0.3) is 0 Å². The third-order valence-corrected chi connectivity index (χ3v) is 3.28. The zero-order valence-electron chi connectivity index (χ0n) is 10.8. The van der Waals surface area contributed by atoms with Crippen LogP contribution in [0, 0.1) is 0 Å². The molecule has 0 fully saturated rings. The minimum atomic E-state index is -0.990. The number of fused-ring (bicyclic) bond motifs is 1. The lowest BCUT2D eigenvalue weighted by Crippen LogP contribution is -2.40. The maximum atomic E-state index is 12.4. The molecule has 2 rings (SSSR count). The number of carbonyl (C=O) groups excluding carboxylic acids is 1. The van der Waals surface area contributed by atoms with Gasteiger partial charge in [0.1, 0.15) is 12.3 Å². The van der Waals surface area contributed by atoms with Gasteiger partial charge >= 0.3 is 5.97 Å². The summed E-state index contributed by atoms with van der Waals surface area (Å²) in [5.74, 6) is -0.709. The molecular weight excluding hydrogens is 246 g/mol. The zero-order valence-corrected chi connectivity index (χ0v) is 10.8. The second-order valence-electron chi connectivity index (χ2n) is 4.47. The van der Waals surface area contributed by atoms with Crippen LogP contribution in [0.4, 0.5) is 0 Å². The van der Waals surface area contributed by atoms with Crippen LogP contribution in [0.15, 0.2) is 24.3 Å². The topological polar surface area (TPSA) is 66.8 Å². The maximum Gasteiger partial charge on any atom is 0.323 e. The van der Waals surface area contributed by atoms with Crippen molar-refractivity contribution in [2.24, 2.45) is 0 Å². The number of hydrogen-bond donors (Lipinski definition) is 1. The van der Waals surface area contributed by atoms with E-state index in [1.54, 1.807) is 6.92 Å². The summed E-state index contributed by atoms with van der Waals surface area (Å²) in [6.07, 6.45) is 0.589. The van der Waals surface area contributed by atoms with E-state index in [4.69, 9.17) is 9.84 Å². The molecule has 1 atom stereocenters. The molecule has 19 heavy (non-hydrogen) atoms. The van der Waals surface area contributed by atoms with Crippen molar-refractivity contribution in [1.29, 1.82) is 0 Å². The van der Waals surface area contributed by atoms with Gasteiger partial charge in [-0.3, -0.25) is 9.59 Å². The fraction of sp³-hybridized carbons (Fsp3) is 0.429. The summed E-state index contributed by atoms with van der Waals surface area (Å²) < 4.78 is 5.51. The molecule has 1 heterocycles. The van der Waals surface area contributed by atoms with E-state index in [0.29, 0.717) is 19.6 Å². The number of benzene rings is 1. The van der Waals surface area contributed by atoms with E-state index in [9.17, 15) is 9.59 Å². The number of amides is 1. The van der Waals surface area contributed by atoms with E-state index in [0.717, 1.165) is 11.3 Å². The Hall–Kier alpha value is -2.04. The molecule has 0 saturated carbocycles. The lowest BCUT2D eigenvalue weighted by Gasteiger charge is -2.29. The summed E-state index contributed by atoms with van der Waals surface area (Å²) >= 11 is 0. The number of nitrogens with zero attached hydrogens (tertiary/aromatic N) is 1. The highest BCUT2D eigenvalue weighted by molar-refractivity contribution is 5.87. The first kappa shape index (κ1) is 13.4. The van der Waals surface area contributed by atoms with Gasteiger partial charge in [0.25, 0.3) is 0 Å². The lowest BCUT2D eigenvalue weighted by molar-refractivity contribution is -0.145. The van der Waals surface area contributed by atoms with E-state index in [1.807, 2.05) is 24.3 Å². The Morgan fingerprint density at radius 3 is 2.84 bits per heavy atom. The van der Waals surface area contributed by atoms with Crippen molar-refractivity contribution in [3.05, 3.63) is 29.8 Å². The number of likely N-dealkylation sites (N-methyl/N-ethyl adjacent to an activating group) is 1. The molecule has 1 N–H and O–H groups in total. The van der Waals surface area contributed by atoms with Crippen molar-refractivity contribution < 1.29 is 19.4 Å². The van der Waals surface area contributed by atoms with Gasteiger partial charge in [0.15, 0.2) is 0 Å². The predicted octanol–water partition coefficient (Wildman–Crippen LogP) is 1.49. The highest BCUT2D eigenvalue weighted by Gasteiger charge is 2.30. The predicted molar refractivity (Wildman–Crippen MR) is 69.2 cm³/mol. The Kier molecular flexibility index (Phi) is 4.04. The number of para-hydroxylation sites is 1. The molecule has 0 aliphatic carbocycles. The van der Waals surface area contributed by atoms with Crippen LogP contribution in [0.2, 0.25) is 0 Å². The normalized spacial score (nSPS) is 17.2. The highest BCUT2D eigenvalue weighted by Crippen LogP contribution is 2.34. The minimum absolute atomic E-state index is 0.138. The monoisotopic (exact) mass is 263 g/mol. The average Bonchev–Trinajstić information content (AvgIpc) is 2.43. The van der Waals surface area contributed by atoms with E-state index in [-0.39, 0.29) is 18.4 Å². The third-order valence-electron chi connectivity index (χ3n) is 3.28. The van der Waals surface area contributed by atoms with E-state index in [1.165, 1.54) is 4.90 Å². The first-order valence-corrected chi connectivity index (χ1v) is 6.35. The van der Waals surface area contributed by atoms with Crippen molar-refractivity contribution in [3.8, 4) is 5.75 Å². The summed E-state index contributed by atoms with van der Waals surface area (Å²) in [5.41, 5.74) is 0.850. The molecule has 1 aliphatic rings. The number of carbonyl (C=O) groups is 2. The smallest absolute Gasteiger partial charge is 0.323 e. The van der Waals surface area contributed by atoms with Crippen molar-refractivity contribution in [1.82, 2.24) is 4.90 Å². The molecule has 0 saturated heterocycles. The Labute approximate surface area is 111 Å². The first-order chi connectivity index (χ1) is 9.13. The second kappa shape index (κ2) is 5.73. The molecule has 5 heteroatoms. The SMILES string of the molecule is CCN(CC(=O)O)C(=O)[C@@H]1CCOc2ccccc21. The van der Waals surface area contributed by atoms with E-state index in [2.05, 4.69) is 0 Å². The van der Waals surface area contributed by atoms with Gasteiger partial charge in [0.2, 0.25) is 5.91 Å². The van der Waals surface area contributed by atoms with E-state index < -0.39 is 5.97 Å². The van der Waals surface area contributed by atoms with Crippen molar-refractivity contribution in [2.45, 2.75) is 19.3 Å². The number of ether oxygens (including phenoxy) is 1. The number of aliphatic carboxylic acids is 1. The number of rotatable bonds is 4. The van der Waals surface area contributed by atoms with Crippen molar-refractivity contribution in [3.63, 3.8) is 0 Å². The average molecular weight is 263 g/mol. The summed E-state index contributed by atoms with van der Waals surface area (Å²) in [7, 11) is 0. The molecule has 1 amide bonds. The second-order valence-corrected chi connectivity index (χ2v) is 4.47. The lowest BCUT2D eigenvalue weighted by atomic mass is 9.92. The van der Waals surface area contributed by atoms with Crippen LogP contribution < -0.4 is 4.74 Å². The van der Waals surface area contributed by atoms with Gasteiger partial charge in [0.05, 0.1) is 12.5 Å². The minimum Gasteiger partial charge on any atom is -0.493 e. The Balaban J connectivity index is 2.22. The largest absolute Gasteiger partial charge is 0.493 e. The zero-order chi connectivity index (χ0) is 13.8. The van der Waals surface area contributed by atoms with Crippen molar-refractivity contribution in [2.75, 3.05) is 19.7 Å². The first-order valence-electron chi connectivity index (χ1n) is 6.35. The van der Waals surface area contributed by atoms with Crippen LogP contribution in [0.3, 0.4) is 0 Å². The Bertz CT molecular complexity index is 486. The molecule has 102 valence electrons. The fourth-order valence-electron chi connectivity index (χ4n) is 2.33. The van der Waals surface area contributed by atoms with Gasteiger partial charge in [-0.25, -0.2) is 0 Å². The van der Waals surface area contributed by atoms with Gasteiger partial charge in [0, 0.05) is 12.1 Å². The van der Waals surface area contributed by atoms with Crippen LogP contribution >= 0.6 is 0 Å². The summed E-state index contributed by atoms with van der Waals surface area (Å²) in [5, 5.41) is 8.84. The maximum absolute atomic E-state index is 12.4. The molecule has 5 nitrogen and oxygen atoms in total. The van der Waals surface area contributed by atoms with Crippen LogP contribution in [0.1, 0.15) is 24.8 Å². The third kappa shape index (κ3) is 2.86. The van der Waals surface area contributed by atoms with Gasteiger partial charge in [-0.15, -0.1) is 0 Å². The number of carboxylic acid groups (broad SMARTS) is 1. The Morgan fingerprint density at radius 2 is 2.16 bits per heavy atom. The molecule has 1 aromatic carbocycles. The molecule has 1 aliphatic heterocycles. The van der Waals surface area contributed by atoms with Gasteiger partial charge in [-0.1, -0.05) is 18.2 Å². The molecule has 0 aromatic heterocycles. The number of hydrogen-bond acceptors (Lipinski definition) is 3. The van der Waals surface area contributed by atoms with Gasteiger partial charge < -0.3 is 14.7 Å². The number of carboxylic acids is 1. The summed E-state index contributed by atoms with van der Waals surface area (Å²) in [4.78, 5) is 24.6. The summed E-state index contributed by atoms with van der Waals surface area (Å²) in [6, 6.07) is 7.43. The molecule has 0 spiro atoms. The molecule has 0 unspecified atom stereocenters. The van der Waals surface area contributed by atoms with Crippen molar-refractivity contribution >= 4 is 11.9 Å². The van der Waals surface area contributed by atoms with E-state index >= 15 is 0 Å². The van der Waals surface area contributed by atoms with Crippen LogP contribution in [0.5, 0.6) is 5.75 Å². The van der Waals surface area contributed by atoms with Gasteiger partial charge in [-0.05, 0) is 19.4 Å². The summed E-state index contributed by atoms with van der Waals surface area (Å²) in [6.45, 7) is 2.41. The van der Waals surface area contributed by atoms with Gasteiger partial charge in [-0.2, -0.15) is 0 Å². The molecule has 0 radical (unpaired) electrons. The standard InChI is InChI=1S/C14H17NO4/c1-2-15(9-13(16)17)14(18)11-7-8-19-12-6-4-3-5-10(11)12/h3-6,11H,2,7-9H2,1H3,(H,16,17)/t11-/m1/s1. The molecule has 0 bridgehead atoms. The molecule has 1 aromatic rings. The quantitative estimate of drug-likeness (QED) is 0.893. The Morgan fingerprint density at radius 1 is 1.42 bits per heavy atom. The van der Waals surface area contributed by atoms with Crippen LogP contribution in [-0.2, 0) is 9.59 Å². The fourth-order valence-corrected chi connectivity index (χ4v) is 2.33. The van der Waals surface area contributed by atoms with Crippen LogP contribution in [-0.4, -0.2) is 41.6 Å². The highest BCUT2D eigenvalue weighted by atomic mass is 16.5. The molecular formula is C14H17NO4.